The molecule has 0 heterocycles. The molecule has 0 aromatic heterocycles. The maximum atomic E-state index is 13.5. The lowest BCUT2D eigenvalue weighted by atomic mass is 10.2. The third kappa shape index (κ3) is 4.47. The van der Waals surface area contributed by atoms with Crippen LogP contribution in [-0.4, -0.2) is 33.8 Å². The van der Waals surface area contributed by atoms with Crippen LogP contribution in [0.2, 0.25) is 0 Å². The van der Waals surface area contributed by atoms with Crippen LogP contribution in [0.1, 0.15) is 20.7 Å². The fraction of sp³-hybridized carbons (Fsp3) is 0.125. The van der Waals surface area contributed by atoms with Crippen molar-refractivity contribution in [2.75, 3.05) is 14.2 Å². The van der Waals surface area contributed by atoms with Gasteiger partial charge in [0.25, 0.3) is 0 Å². The highest BCUT2D eigenvalue weighted by atomic mass is 19.1. The van der Waals surface area contributed by atoms with Crippen molar-refractivity contribution in [1.29, 1.82) is 0 Å². The summed E-state index contributed by atoms with van der Waals surface area (Å²) < 4.78 is 46.2. The van der Waals surface area contributed by atoms with Gasteiger partial charge in [-0.05, 0) is 36.4 Å². The van der Waals surface area contributed by atoms with Crippen LogP contribution in [0.25, 0.3) is 0 Å². The van der Waals surface area contributed by atoms with Crippen molar-refractivity contribution in [1.82, 2.24) is 0 Å². The summed E-state index contributed by atoms with van der Waals surface area (Å²) in [5.41, 5.74) is -0.605. The second-order valence-corrected chi connectivity index (χ2v) is 4.60. The maximum Gasteiger partial charge on any atom is 0.658 e. The Kier molecular flexibility index (Phi) is 5.94. The molecule has 1 radical (unpaired) electrons. The van der Waals surface area contributed by atoms with Gasteiger partial charge >= 0.3 is 19.6 Å². The van der Waals surface area contributed by atoms with Crippen LogP contribution in [0.15, 0.2) is 36.4 Å². The molecular formula is C16H12BF2O6. The maximum absolute atomic E-state index is 13.5. The first-order chi connectivity index (χ1) is 12.0. The molecule has 0 atom stereocenters. The fourth-order valence-electron chi connectivity index (χ4n) is 1.82. The van der Waals surface area contributed by atoms with Gasteiger partial charge in [-0.3, -0.25) is 0 Å². The van der Waals surface area contributed by atoms with Crippen LogP contribution in [0.5, 0.6) is 11.5 Å². The van der Waals surface area contributed by atoms with Crippen LogP contribution in [-0.2, 0) is 9.47 Å². The fourth-order valence-corrected chi connectivity index (χ4v) is 1.82. The van der Waals surface area contributed by atoms with Crippen LogP contribution < -0.4 is 9.31 Å². The molecule has 0 aliphatic heterocycles. The predicted octanol–water partition coefficient (Wildman–Crippen LogP) is 2.53. The largest absolute Gasteiger partial charge is 0.658 e. The molecule has 0 fully saturated rings. The van der Waals surface area contributed by atoms with E-state index in [2.05, 4.69) is 9.47 Å². The van der Waals surface area contributed by atoms with E-state index in [9.17, 15) is 18.4 Å². The molecular weight excluding hydrogens is 337 g/mol. The van der Waals surface area contributed by atoms with E-state index in [1.807, 2.05) is 0 Å². The number of esters is 2. The van der Waals surface area contributed by atoms with Crippen molar-refractivity contribution in [2.24, 2.45) is 0 Å². The van der Waals surface area contributed by atoms with Gasteiger partial charge in [-0.2, -0.15) is 0 Å². The molecule has 0 N–H and O–H groups in total. The molecule has 6 nitrogen and oxygen atoms in total. The van der Waals surface area contributed by atoms with Crippen molar-refractivity contribution in [3.63, 3.8) is 0 Å². The average Bonchev–Trinajstić information content (AvgIpc) is 2.63. The van der Waals surface area contributed by atoms with Gasteiger partial charge < -0.3 is 18.8 Å². The first-order valence-corrected chi connectivity index (χ1v) is 6.87. The van der Waals surface area contributed by atoms with Gasteiger partial charge in [0.1, 0.15) is 23.1 Å². The summed E-state index contributed by atoms with van der Waals surface area (Å²) in [6, 6.07) is 6.86. The minimum Gasteiger partial charge on any atom is -0.526 e. The van der Waals surface area contributed by atoms with Gasteiger partial charge in [-0.25, -0.2) is 18.4 Å². The quantitative estimate of drug-likeness (QED) is 0.590. The van der Waals surface area contributed by atoms with Crippen LogP contribution in [0.3, 0.4) is 0 Å². The van der Waals surface area contributed by atoms with Crippen LogP contribution >= 0.6 is 0 Å². The van der Waals surface area contributed by atoms with Crippen LogP contribution in [0, 0.1) is 11.6 Å². The highest BCUT2D eigenvalue weighted by Crippen LogP contribution is 2.20. The van der Waals surface area contributed by atoms with Crippen molar-refractivity contribution in [3.8, 4) is 11.5 Å². The Morgan fingerprint density at radius 3 is 1.56 bits per heavy atom. The van der Waals surface area contributed by atoms with Gasteiger partial charge in [0.15, 0.2) is 0 Å². The molecule has 2 aromatic rings. The molecule has 0 aliphatic rings. The van der Waals surface area contributed by atoms with E-state index in [1.54, 1.807) is 0 Å². The zero-order valence-electron chi connectivity index (χ0n) is 13.2. The third-order valence-electron chi connectivity index (χ3n) is 3.05. The lowest BCUT2D eigenvalue weighted by Gasteiger charge is -2.09. The molecule has 25 heavy (non-hydrogen) atoms. The van der Waals surface area contributed by atoms with E-state index in [1.165, 1.54) is 12.1 Å². The molecule has 0 bridgehead atoms. The van der Waals surface area contributed by atoms with E-state index in [-0.39, 0.29) is 22.6 Å². The van der Waals surface area contributed by atoms with Gasteiger partial charge in [-0.15, -0.1) is 0 Å². The third-order valence-corrected chi connectivity index (χ3v) is 3.05. The minimum atomic E-state index is -0.856. The van der Waals surface area contributed by atoms with Crippen LogP contribution in [0.4, 0.5) is 8.78 Å². The Morgan fingerprint density at radius 2 is 1.20 bits per heavy atom. The van der Waals surface area contributed by atoms with Gasteiger partial charge in [-0.1, -0.05) is 0 Å². The summed E-state index contributed by atoms with van der Waals surface area (Å²) in [6.45, 7) is 0. The SMILES string of the molecule is COC(=O)c1cc(O[B]Oc2ccc(F)c(C(=O)OC)c2)ccc1F. The molecule has 9 heteroatoms. The number of halogens is 2. The lowest BCUT2D eigenvalue weighted by Crippen LogP contribution is -2.13. The van der Waals surface area contributed by atoms with Crippen molar-refractivity contribution in [3.05, 3.63) is 59.2 Å². The van der Waals surface area contributed by atoms with Crippen molar-refractivity contribution >= 4 is 19.6 Å². The number of benzene rings is 2. The number of hydrogen-bond acceptors (Lipinski definition) is 6. The summed E-state index contributed by atoms with van der Waals surface area (Å²) in [5, 5.41) is 0. The second-order valence-electron chi connectivity index (χ2n) is 4.60. The predicted molar refractivity (Wildman–Crippen MR) is 82.5 cm³/mol. The number of methoxy groups -OCH3 is 2. The van der Waals surface area contributed by atoms with Crippen molar-refractivity contribution < 1.29 is 37.2 Å². The zero-order valence-corrected chi connectivity index (χ0v) is 13.2. The van der Waals surface area contributed by atoms with E-state index in [4.69, 9.17) is 9.31 Å². The summed E-state index contributed by atoms with van der Waals surface area (Å²) in [6.07, 6.45) is 0. The Labute approximate surface area is 142 Å². The topological polar surface area (TPSA) is 71.1 Å². The Balaban J connectivity index is 2.04. The average molecular weight is 349 g/mol. The Bertz CT molecular complexity index is 731. The minimum absolute atomic E-state index is 0.108. The number of rotatable bonds is 6. The molecule has 0 spiro atoms. The molecule has 0 saturated heterocycles. The van der Waals surface area contributed by atoms with Gasteiger partial charge in [0.2, 0.25) is 0 Å². The summed E-state index contributed by atoms with van der Waals surface area (Å²) in [5.74, 6) is -3.02. The summed E-state index contributed by atoms with van der Waals surface area (Å²) in [7, 11) is 3.12. The normalized spacial score (nSPS) is 9.92. The van der Waals surface area contributed by atoms with E-state index in [0.29, 0.717) is 0 Å². The van der Waals surface area contributed by atoms with Crippen molar-refractivity contribution in [2.45, 2.75) is 0 Å². The first-order valence-electron chi connectivity index (χ1n) is 6.87. The smallest absolute Gasteiger partial charge is 0.526 e. The van der Waals surface area contributed by atoms with Gasteiger partial charge in [0, 0.05) is 0 Å². The molecule has 2 rings (SSSR count). The highest BCUT2D eigenvalue weighted by molar-refractivity contribution is 6.20. The standard InChI is InChI=1S/C16H12BF2O6/c1-22-15(20)11-7-9(3-5-13(11)18)24-17-25-10-4-6-14(19)12(8-10)16(21)23-2/h3-8H,1-2H3. The number of hydrogen-bond donors (Lipinski definition) is 0. The molecule has 0 aliphatic carbocycles. The molecule has 0 amide bonds. The molecule has 0 saturated carbocycles. The van der Waals surface area contributed by atoms with Gasteiger partial charge in [0.05, 0.1) is 25.3 Å². The first kappa shape index (κ1) is 18.2. The zero-order chi connectivity index (χ0) is 18.4. The Hall–Kier alpha value is -3.10. The number of carbonyl (C=O) groups is 2. The monoisotopic (exact) mass is 349 g/mol. The highest BCUT2D eigenvalue weighted by Gasteiger charge is 2.15. The lowest BCUT2D eigenvalue weighted by molar-refractivity contribution is 0.0586. The molecule has 0 unspecified atom stereocenters. The van der Waals surface area contributed by atoms with E-state index < -0.39 is 23.6 Å². The second kappa shape index (κ2) is 8.14. The number of ether oxygens (including phenoxy) is 2. The molecule has 129 valence electrons. The number of carbonyl (C=O) groups excluding carboxylic acids is 2. The summed E-state index contributed by atoms with van der Waals surface area (Å²) in [4.78, 5) is 22.8. The van der Waals surface area contributed by atoms with E-state index >= 15 is 0 Å². The van der Waals surface area contributed by atoms with E-state index in [0.717, 1.165) is 46.2 Å². The summed E-state index contributed by atoms with van der Waals surface area (Å²) >= 11 is 0. The Morgan fingerprint density at radius 1 is 0.800 bits per heavy atom. The molecule has 2 aromatic carbocycles.